The maximum Gasteiger partial charge on any atom is 0.0167 e. The second kappa shape index (κ2) is 4.97. The summed E-state index contributed by atoms with van der Waals surface area (Å²) in [5, 5.41) is 3.48. The van der Waals surface area contributed by atoms with E-state index < -0.39 is 0 Å². The van der Waals surface area contributed by atoms with E-state index in [0.29, 0.717) is 6.04 Å². The Morgan fingerprint density at radius 1 is 1.46 bits per heavy atom. The van der Waals surface area contributed by atoms with Crippen molar-refractivity contribution in [2.45, 2.75) is 46.2 Å². The minimum atomic E-state index is 0.667. The van der Waals surface area contributed by atoms with Crippen molar-refractivity contribution in [3.05, 3.63) is 0 Å². The molecule has 0 spiro atoms. The van der Waals surface area contributed by atoms with E-state index in [1.54, 1.807) is 0 Å². The van der Waals surface area contributed by atoms with E-state index in [1.807, 2.05) is 0 Å². The first-order valence-corrected chi connectivity index (χ1v) is 5.62. The molecule has 1 heterocycles. The maximum absolute atomic E-state index is 3.48. The Hall–Kier alpha value is -0.0800. The van der Waals surface area contributed by atoms with Crippen molar-refractivity contribution >= 4 is 0 Å². The van der Waals surface area contributed by atoms with Crippen molar-refractivity contribution in [1.29, 1.82) is 0 Å². The number of hydrogen-bond acceptors (Lipinski definition) is 2. The summed E-state index contributed by atoms with van der Waals surface area (Å²) in [4.78, 5) is 2.62. The lowest BCUT2D eigenvalue weighted by atomic mass is 9.98. The maximum atomic E-state index is 3.48. The minimum absolute atomic E-state index is 0.667. The highest BCUT2D eigenvalue weighted by Gasteiger charge is 2.23. The molecule has 13 heavy (non-hydrogen) atoms. The highest BCUT2D eigenvalue weighted by Crippen LogP contribution is 2.15. The summed E-state index contributed by atoms with van der Waals surface area (Å²) in [6, 6.07) is 1.41. The highest BCUT2D eigenvalue weighted by molar-refractivity contribution is 4.80. The van der Waals surface area contributed by atoms with Crippen LogP contribution in [-0.2, 0) is 0 Å². The summed E-state index contributed by atoms with van der Waals surface area (Å²) in [7, 11) is 0. The Morgan fingerprint density at radius 3 is 2.69 bits per heavy atom. The summed E-state index contributed by atoms with van der Waals surface area (Å²) < 4.78 is 0. The normalized spacial score (nSPS) is 30.0. The number of nitrogens with one attached hydrogen (secondary N) is 1. The first-order chi connectivity index (χ1) is 6.15. The molecule has 0 aromatic carbocycles. The average molecular weight is 184 g/mol. The van der Waals surface area contributed by atoms with Crippen LogP contribution in [0.5, 0.6) is 0 Å². The molecule has 1 aliphatic heterocycles. The lowest BCUT2D eigenvalue weighted by Crippen LogP contribution is -2.53. The molecule has 0 radical (unpaired) electrons. The molecule has 0 aromatic heterocycles. The third-order valence-electron chi connectivity index (χ3n) is 3.44. The molecule has 0 saturated carbocycles. The minimum Gasteiger partial charge on any atom is -0.312 e. The quantitative estimate of drug-likeness (QED) is 0.718. The second-order valence-electron chi connectivity index (χ2n) is 4.48. The van der Waals surface area contributed by atoms with Crippen LogP contribution in [0.3, 0.4) is 0 Å². The third kappa shape index (κ3) is 2.96. The summed E-state index contributed by atoms with van der Waals surface area (Å²) >= 11 is 0. The Morgan fingerprint density at radius 2 is 2.15 bits per heavy atom. The Bertz CT molecular complexity index is 147. The van der Waals surface area contributed by atoms with E-state index in [4.69, 9.17) is 0 Å². The van der Waals surface area contributed by atoms with Gasteiger partial charge < -0.3 is 5.32 Å². The average Bonchev–Trinajstić information content (AvgIpc) is 2.15. The topological polar surface area (TPSA) is 15.3 Å². The molecule has 1 N–H and O–H groups in total. The van der Waals surface area contributed by atoms with Gasteiger partial charge in [-0.1, -0.05) is 20.3 Å². The van der Waals surface area contributed by atoms with Gasteiger partial charge in [-0.05, 0) is 19.8 Å². The van der Waals surface area contributed by atoms with Gasteiger partial charge in [0.15, 0.2) is 0 Å². The molecule has 1 saturated heterocycles. The molecule has 2 nitrogen and oxygen atoms in total. The standard InChI is InChI=1S/C11H24N2/c1-5-9(2)11(4)13-7-6-12-10(3)8-13/h9-12H,5-8H2,1-4H3/t9?,10-,11?/m0/s1. The van der Waals surface area contributed by atoms with Crippen LogP contribution in [0.25, 0.3) is 0 Å². The fourth-order valence-electron chi connectivity index (χ4n) is 2.03. The molecular formula is C11H24N2. The molecule has 2 unspecified atom stereocenters. The van der Waals surface area contributed by atoms with Crippen LogP contribution in [-0.4, -0.2) is 36.6 Å². The highest BCUT2D eigenvalue weighted by atomic mass is 15.2. The van der Waals surface area contributed by atoms with Crippen LogP contribution in [0.1, 0.15) is 34.1 Å². The molecule has 0 amide bonds. The summed E-state index contributed by atoms with van der Waals surface area (Å²) in [6.07, 6.45) is 1.29. The van der Waals surface area contributed by atoms with Gasteiger partial charge in [-0.15, -0.1) is 0 Å². The molecule has 0 aliphatic carbocycles. The zero-order valence-electron chi connectivity index (χ0n) is 9.51. The number of hydrogen-bond donors (Lipinski definition) is 1. The van der Waals surface area contributed by atoms with Crippen LogP contribution in [0.4, 0.5) is 0 Å². The van der Waals surface area contributed by atoms with Crippen LogP contribution in [0.2, 0.25) is 0 Å². The van der Waals surface area contributed by atoms with Crippen LogP contribution < -0.4 is 5.32 Å². The van der Waals surface area contributed by atoms with E-state index in [2.05, 4.69) is 37.9 Å². The smallest absolute Gasteiger partial charge is 0.0167 e. The van der Waals surface area contributed by atoms with Crippen LogP contribution in [0.15, 0.2) is 0 Å². The van der Waals surface area contributed by atoms with Gasteiger partial charge in [0, 0.05) is 31.7 Å². The summed E-state index contributed by atoms with van der Waals surface area (Å²) in [5.74, 6) is 0.824. The van der Waals surface area contributed by atoms with Crippen LogP contribution >= 0.6 is 0 Å². The van der Waals surface area contributed by atoms with E-state index in [0.717, 1.165) is 18.5 Å². The van der Waals surface area contributed by atoms with Crippen molar-refractivity contribution in [2.24, 2.45) is 5.92 Å². The van der Waals surface area contributed by atoms with Crippen molar-refractivity contribution in [3.63, 3.8) is 0 Å². The van der Waals surface area contributed by atoms with Crippen molar-refractivity contribution < 1.29 is 0 Å². The number of nitrogens with zero attached hydrogens (tertiary/aromatic N) is 1. The molecule has 0 aromatic rings. The number of rotatable bonds is 3. The largest absolute Gasteiger partial charge is 0.312 e. The molecule has 1 rings (SSSR count). The first-order valence-electron chi connectivity index (χ1n) is 5.62. The van der Waals surface area contributed by atoms with Crippen molar-refractivity contribution in [2.75, 3.05) is 19.6 Å². The monoisotopic (exact) mass is 184 g/mol. The second-order valence-corrected chi connectivity index (χ2v) is 4.48. The van der Waals surface area contributed by atoms with Gasteiger partial charge in [0.1, 0.15) is 0 Å². The molecular weight excluding hydrogens is 160 g/mol. The predicted octanol–water partition coefficient (Wildman–Crippen LogP) is 1.71. The van der Waals surface area contributed by atoms with E-state index in [1.165, 1.54) is 19.5 Å². The van der Waals surface area contributed by atoms with Gasteiger partial charge in [-0.25, -0.2) is 0 Å². The molecule has 3 atom stereocenters. The molecule has 78 valence electrons. The Kier molecular flexibility index (Phi) is 4.20. The van der Waals surface area contributed by atoms with Gasteiger partial charge in [0.2, 0.25) is 0 Å². The lowest BCUT2D eigenvalue weighted by molar-refractivity contribution is 0.121. The lowest BCUT2D eigenvalue weighted by Gasteiger charge is -2.38. The predicted molar refractivity (Wildman–Crippen MR) is 58.0 cm³/mol. The molecule has 1 aliphatic rings. The zero-order valence-corrected chi connectivity index (χ0v) is 9.51. The van der Waals surface area contributed by atoms with Gasteiger partial charge in [0.05, 0.1) is 0 Å². The van der Waals surface area contributed by atoms with Crippen molar-refractivity contribution in [3.8, 4) is 0 Å². The van der Waals surface area contributed by atoms with Gasteiger partial charge in [0.25, 0.3) is 0 Å². The van der Waals surface area contributed by atoms with Gasteiger partial charge >= 0.3 is 0 Å². The van der Waals surface area contributed by atoms with Gasteiger partial charge in [-0.3, -0.25) is 4.90 Å². The van der Waals surface area contributed by atoms with Crippen molar-refractivity contribution in [1.82, 2.24) is 10.2 Å². The third-order valence-corrected chi connectivity index (χ3v) is 3.44. The Labute approximate surface area is 82.7 Å². The summed E-state index contributed by atoms with van der Waals surface area (Å²) in [5.41, 5.74) is 0. The van der Waals surface area contributed by atoms with Crippen LogP contribution in [0, 0.1) is 5.92 Å². The summed E-state index contributed by atoms with van der Waals surface area (Å²) in [6.45, 7) is 12.9. The number of piperazine rings is 1. The molecule has 2 heteroatoms. The van der Waals surface area contributed by atoms with E-state index in [-0.39, 0.29) is 0 Å². The SMILES string of the molecule is CCC(C)C(C)N1CCN[C@@H](C)C1. The fraction of sp³-hybridized carbons (Fsp3) is 1.00. The Balaban J connectivity index is 2.41. The molecule has 1 fully saturated rings. The van der Waals surface area contributed by atoms with E-state index in [9.17, 15) is 0 Å². The fourth-order valence-corrected chi connectivity index (χ4v) is 2.03. The zero-order chi connectivity index (χ0) is 9.84. The molecule has 0 bridgehead atoms. The first kappa shape index (κ1) is 11.0. The van der Waals surface area contributed by atoms with Gasteiger partial charge in [-0.2, -0.15) is 0 Å². The van der Waals surface area contributed by atoms with E-state index >= 15 is 0 Å².